The number of aromatic nitrogens is 4. The maximum absolute atomic E-state index is 6.15. The van der Waals surface area contributed by atoms with Gasteiger partial charge in [0.25, 0.3) is 0 Å². The molecule has 5 nitrogen and oxygen atoms in total. The van der Waals surface area contributed by atoms with Gasteiger partial charge in [-0.3, -0.25) is 4.98 Å². The molecule has 48 heavy (non-hydrogen) atoms. The van der Waals surface area contributed by atoms with Gasteiger partial charge in [-0.1, -0.05) is 23.1 Å². The first-order valence-electron chi connectivity index (χ1n) is 16.7. The summed E-state index contributed by atoms with van der Waals surface area (Å²) in [6.07, 6.45) is 4.54. The Bertz CT molecular complexity index is 2160. The number of hydrogen-bond donors (Lipinski definition) is 0. The number of furan rings is 1. The Balaban J connectivity index is 0.000000189. The number of imidazole rings is 1. The van der Waals surface area contributed by atoms with E-state index in [2.05, 4.69) is 103 Å². The molecule has 7 heteroatoms. The molecule has 7 aromatic rings. The normalized spacial score (nSPS) is 12.3. The van der Waals surface area contributed by atoms with Gasteiger partial charge in [0, 0.05) is 37.2 Å². The van der Waals surface area contributed by atoms with E-state index in [9.17, 15) is 0 Å². The van der Waals surface area contributed by atoms with E-state index in [4.69, 9.17) is 14.4 Å². The summed E-state index contributed by atoms with van der Waals surface area (Å²) in [5.41, 5.74) is 9.03. The fraction of sp³-hybridized carbons (Fsp3) is 0.293. The summed E-state index contributed by atoms with van der Waals surface area (Å²) >= 11 is -1.87. The van der Waals surface area contributed by atoms with E-state index in [0.29, 0.717) is 5.71 Å². The van der Waals surface area contributed by atoms with E-state index < -0.39 is 13.3 Å². The molecule has 0 aliphatic rings. The summed E-state index contributed by atoms with van der Waals surface area (Å²) in [6, 6.07) is 33.6. The number of fused-ring (bicyclic) bond motifs is 4. The Morgan fingerprint density at radius 1 is 0.875 bits per heavy atom. The molecule has 0 aliphatic carbocycles. The number of rotatable bonds is 7. The third-order valence-electron chi connectivity index (χ3n) is 8.82. The molecule has 0 bridgehead atoms. The van der Waals surface area contributed by atoms with Gasteiger partial charge in [-0.25, -0.2) is 4.98 Å². The van der Waals surface area contributed by atoms with Crippen LogP contribution in [0.5, 0.6) is 0 Å². The van der Waals surface area contributed by atoms with Crippen molar-refractivity contribution < 1.29 is 24.5 Å². The number of nitrogens with zero attached hydrogens (tertiary/aromatic N) is 4. The van der Waals surface area contributed by atoms with Crippen molar-refractivity contribution >= 4 is 50.8 Å². The second kappa shape index (κ2) is 14.9. The minimum absolute atomic E-state index is 0. The van der Waals surface area contributed by atoms with E-state index in [1.165, 1.54) is 12.0 Å². The van der Waals surface area contributed by atoms with Crippen LogP contribution in [0.3, 0.4) is 0 Å². The van der Waals surface area contributed by atoms with Gasteiger partial charge < -0.3 is 8.98 Å². The first kappa shape index (κ1) is 35.7. The second-order valence-electron chi connectivity index (χ2n) is 13.9. The fourth-order valence-corrected chi connectivity index (χ4v) is 9.52. The van der Waals surface area contributed by atoms with Crippen LogP contribution in [0.25, 0.3) is 55.7 Å². The molecule has 0 fully saturated rings. The van der Waals surface area contributed by atoms with Gasteiger partial charge >= 0.3 is 132 Å². The standard InChI is InChI=1S/C22H18N3O.C19H26GeN.Ir/c1-13(2)25-19-10-5-4-9-18(19)24-21(25)17-8-6-7-15-16-12-11-14(3)23-22(16)26-20(15)17;1-6-15(2)12-17-13-19(16-10-8-7-9-11-16)21-14-18(17)20(3,4)5;/h4-7,9-13H,1-3H3;7-10,13-15H,6,12H2,1-5H3;/q2*-1;. The zero-order valence-electron chi connectivity index (χ0n) is 29.2. The number of benzene rings is 3. The van der Waals surface area contributed by atoms with Crippen molar-refractivity contribution in [3.8, 4) is 22.6 Å². The summed E-state index contributed by atoms with van der Waals surface area (Å²) in [5, 5.41) is 2.07. The van der Waals surface area contributed by atoms with E-state index >= 15 is 0 Å². The van der Waals surface area contributed by atoms with Gasteiger partial charge in [0.05, 0.1) is 22.4 Å². The van der Waals surface area contributed by atoms with Crippen molar-refractivity contribution in [2.24, 2.45) is 5.92 Å². The average Bonchev–Trinajstić information content (AvgIpc) is 3.63. The van der Waals surface area contributed by atoms with E-state index in [1.54, 1.807) is 4.40 Å². The van der Waals surface area contributed by atoms with Crippen molar-refractivity contribution in [1.82, 2.24) is 19.5 Å². The molecule has 1 unspecified atom stereocenters. The molecule has 3 aromatic carbocycles. The number of pyridine rings is 2. The predicted octanol–water partition coefficient (Wildman–Crippen LogP) is 10.4. The summed E-state index contributed by atoms with van der Waals surface area (Å²) in [7, 11) is 0. The molecular weight excluding hydrogens is 829 g/mol. The molecular formula is C41H44GeIrN4O-2. The Hall–Kier alpha value is -3.58. The van der Waals surface area contributed by atoms with E-state index in [0.717, 1.165) is 68.1 Å². The molecule has 1 atom stereocenters. The maximum Gasteiger partial charge on any atom is 0.216 e. The molecule has 4 heterocycles. The van der Waals surface area contributed by atoms with Crippen LogP contribution < -0.4 is 4.40 Å². The van der Waals surface area contributed by atoms with Crippen molar-refractivity contribution in [3.05, 3.63) is 108 Å². The summed E-state index contributed by atoms with van der Waals surface area (Å²) in [5.74, 6) is 8.95. The van der Waals surface area contributed by atoms with Crippen LogP contribution in [-0.4, -0.2) is 32.8 Å². The minimum Gasteiger partial charge on any atom is -0.486 e. The molecule has 0 N–H and O–H groups in total. The summed E-state index contributed by atoms with van der Waals surface area (Å²) in [6.45, 7) is 10.9. The summed E-state index contributed by atoms with van der Waals surface area (Å²) < 4.78 is 9.95. The molecule has 4 aromatic heterocycles. The Labute approximate surface area is 300 Å². The molecule has 0 spiro atoms. The van der Waals surface area contributed by atoms with Gasteiger partial charge in [0.2, 0.25) is 5.71 Å². The molecule has 0 amide bonds. The quantitative estimate of drug-likeness (QED) is 0.118. The topological polar surface area (TPSA) is 56.7 Å². The van der Waals surface area contributed by atoms with Crippen LogP contribution in [0.1, 0.15) is 51.4 Å². The fourth-order valence-electron chi connectivity index (χ4n) is 6.19. The maximum atomic E-state index is 6.15. The first-order valence-corrected chi connectivity index (χ1v) is 24.0. The molecule has 0 aliphatic heterocycles. The average molecular weight is 874 g/mol. The number of hydrogen-bond acceptors (Lipinski definition) is 4. The molecule has 1 radical (unpaired) electrons. The van der Waals surface area contributed by atoms with Crippen LogP contribution >= 0.6 is 0 Å². The van der Waals surface area contributed by atoms with Crippen molar-refractivity contribution in [2.45, 2.75) is 70.8 Å². The minimum atomic E-state index is -1.87. The van der Waals surface area contributed by atoms with Crippen LogP contribution in [0, 0.1) is 25.0 Å². The number of para-hydroxylation sites is 2. The van der Waals surface area contributed by atoms with Gasteiger partial charge in [-0.2, -0.15) is 0 Å². The van der Waals surface area contributed by atoms with Crippen LogP contribution in [-0.2, 0) is 26.5 Å². The van der Waals surface area contributed by atoms with Crippen molar-refractivity contribution in [2.75, 3.05) is 0 Å². The smallest absolute Gasteiger partial charge is 0.216 e. The van der Waals surface area contributed by atoms with Gasteiger partial charge in [0.1, 0.15) is 0 Å². The van der Waals surface area contributed by atoms with Gasteiger partial charge in [0.15, 0.2) is 0 Å². The van der Waals surface area contributed by atoms with Crippen LogP contribution in [0.2, 0.25) is 17.3 Å². The summed E-state index contributed by atoms with van der Waals surface area (Å²) in [4.78, 5) is 14.2. The largest absolute Gasteiger partial charge is 0.486 e. The third kappa shape index (κ3) is 7.36. The van der Waals surface area contributed by atoms with Crippen molar-refractivity contribution in [3.63, 3.8) is 0 Å². The zero-order valence-corrected chi connectivity index (χ0v) is 33.7. The SMILES string of the molecule is CCC(C)Cc1cc(-c2[c-]cccc2)nc[c]1[Ge]([CH3])([CH3])[CH3].Cc1ccc2c(n1)oc1c(-c3nc4ccccc4n3C(C)C)[c-]ccc12.[Ir]. The van der Waals surface area contributed by atoms with Gasteiger partial charge in [-0.15, -0.1) is 18.2 Å². The second-order valence-corrected chi connectivity index (χ2v) is 24.4. The first-order chi connectivity index (χ1) is 22.5. The van der Waals surface area contributed by atoms with Gasteiger partial charge in [-0.05, 0) is 45.0 Å². The van der Waals surface area contributed by atoms with E-state index in [1.807, 2.05) is 55.5 Å². The van der Waals surface area contributed by atoms with Crippen LogP contribution in [0.4, 0.5) is 0 Å². The Morgan fingerprint density at radius 3 is 2.35 bits per heavy atom. The molecule has 0 saturated heterocycles. The van der Waals surface area contributed by atoms with E-state index in [-0.39, 0.29) is 26.1 Å². The Kier molecular flexibility index (Phi) is 11.1. The van der Waals surface area contributed by atoms with Crippen molar-refractivity contribution in [1.29, 1.82) is 0 Å². The molecule has 249 valence electrons. The monoisotopic (exact) mass is 875 g/mol. The zero-order chi connectivity index (χ0) is 33.3. The predicted molar refractivity (Wildman–Crippen MR) is 199 cm³/mol. The third-order valence-corrected chi connectivity index (χ3v) is 13.2. The Morgan fingerprint density at radius 2 is 1.65 bits per heavy atom. The molecule has 7 rings (SSSR count). The van der Waals surface area contributed by atoms with Crippen LogP contribution in [0.15, 0.2) is 89.5 Å². The molecule has 0 saturated carbocycles. The number of aryl methyl sites for hydroxylation is 1.